The molecular formula is C14H18N2O4. The van der Waals surface area contributed by atoms with Crippen LogP contribution in [0, 0.1) is 10.1 Å². The summed E-state index contributed by atoms with van der Waals surface area (Å²) in [7, 11) is 0. The number of carbonyl (C=O) groups is 1. The Labute approximate surface area is 117 Å². The number of nitro groups is 1. The zero-order valence-corrected chi connectivity index (χ0v) is 12.0. The Hall–Kier alpha value is -2.11. The Morgan fingerprint density at radius 3 is 2.65 bits per heavy atom. The maximum absolute atomic E-state index is 12.2. The van der Waals surface area contributed by atoms with E-state index in [9.17, 15) is 14.9 Å². The quantitative estimate of drug-likeness (QED) is 0.583. The first-order chi connectivity index (χ1) is 9.19. The highest BCUT2D eigenvalue weighted by Crippen LogP contribution is 2.35. The molecule has 1 heterocycles. The zero-order chi connectivity index (χ0) is 15.1. The van der Waals surface area contributed by atoms with Crippen LogP contribution in [-0.4, -0.2) is 22.7 Å². The van der Waals surface area contributed by atoms with Gasteiger partial charge in [0, 0.05) is 18.2 Å². The predicted octanol–water partition coefficient (Wildman–Crippen LogP) is 3.28. The minimum atomic E-state index is -0.569. The van der Waals surface area contributed by atoms with E-state index in [0.29, 0.717) is 12.1 Å². The summed E-state index contributed by atoms with van der Waals surface area (Å²) in [6.07, 6.45) is 0.175. The smallest absolute Gasteiger partial charge is 0.415 e. The summed E-state index contributed by atoms with van der Waals surface area (Å²) in [4.78, 5) is 24.1. The molecule has 0 saturated carbocycles. The van der Waals surface area contributed by atoms with Crippen molar-refractivity contribution in [3.05, 3.63) is 33.9 Å². The SMILES string of the molecule is C[C@@H]1Cc2cc([N+](=O)[O-])ccc2N1C(=O)OC(C)(C)C. The fraction of sp³-hybridized carbons (Fsp3) is 0.500. The summed E-state index contributed by atoms with van der Waals surface area (Å²) in [5.41, 5.74) is 0.970. The van der Waals surface area contributed by atoms with Gasteiger partial charge in [-0.05, 0) is 45.7 Å². The van der Waals surface area contributed by atoms with E-state index in [2.05, 4.69) is 0 Å². The van der Waals surface area contributed by atoms with Crippen molar-refractivity contribution in [1.82, 2.24) is 0 Å². The number of non-ortho nitro benzene ring substituents is 1. The van der Waals surface area contributed by atoms with Gasteiger partial charge in [-0.3, -0.25) is 15.0 Å². The van der Waals surface area contributed by atoms with E-state index in [0.717, 1.165) is 5.56 Å². The highest BCUT2D eigenvalue weighted by molar-refractivity contribution is 5.91. The van der Waals surface area contributed by atoms with Gasteiger partial charge in [-0.15, -0.1) is 0 Å². The fourth-order valence-corrected chi connectivity index (χ4v) is 2.32. The molecular weight excluding hydrogens is 260 g/mol. The maximum Gasteiger partial charge on any atom is 0.415 e. The Balaban J connectivity index is 2.31. The van der Waals surface area contributed by atoms with Crippen LogP contribution in [0.3, 0.4) is 0 Å². The number of nitrogens with zero attached hydrogens (tertiary/aromatic N) is 2. The monoisotopic (exact) mass is 278 g/mol. The minimum Gasteiger partial charge on any atom is -0.443 e. The highest BCUT2D eigenvalue weighted by Gasteiger charge is 2.34. The molecule has 2 rings (SSSR count). The number of anilines is 1. The molecule has 0 aliphatic carbocycles. The maximum atomic E-state index is 12.2. The van der Waals surface area contributed by atoms with E-state index >= 15 is 0 Å². The third kappa shape index (κ3) is 2.74. The van der Waals surface area contributed by atoms with Crippen molar-refractivity contribution in [2.75, 3.05) is 4.90 Å². The van der Waals surface area contributed by atoms with Crippen molar-refractivity contribution in [1.29, 1.82) is 0 Å². The number of fused-ring (bicyclic) bond motifs is 1. The summed E-state index contributed by atoms with van der Waals surface area (Å²) in [6, 6.07) is 4.48. The second kappa shape index (κ2) is 4.77. The topological polar surface area (TPSA) is 72.7 Å². The summed E-state index contributed by atoms with van der Waals surface area (Å²) in [5, 5.41) is 10.8. The van der Waals surface area contributed by atoms with Gasteiger partial charge in [0.2, 0.25) is 0 Å². The van der Waals surface area contributed by atoms with Crippen molar-refractivity contribution in [3.8, 4) is 0 Å². The van der Waals surface area contributed by atoms with Crippen LogP contribution in [0.5, 0.6) is 0 Å². The van der Waals surface area contributed by atoms with Crippen molar-refractivity contribution in [2.24, 2.45) is 0 Å². The van der Waals surface area contributed by atoms with Gasteiger partial charge >= 0.3 is 6.09 Å². The normalized spacial score (nSPS) is 17.8. The van der Waals surface area contributed by atoms with Gasteiger partial charge in [-0.25, -0.2) is 4.79 Å². The number of carbonyl (C=O) groups excluding carboxylic acids is 1. The molecule has 0 saturated heterocycles. The molecule has 1 amide bonds. The first kappa shape index (κ1) is 14.3. The van der Waals surface area contributed by atoms with Crippen LogP contribution in [-0.2, 0) is 11.2 Å². The van der Waals surface area contributed by atoms with E-state index < -0.39 is 16.6 Å². The molecule has 0 radical (unpaired) electrons. The summed E-state index contributed by atoms with van der Waals surface area (Å²) in [6.45, 7) is 7.32. The van der Waals surface area contributed by atoms with E-state index in [1.807, 2.05) is 27.7 Å². The first-order valence-electron chi connectivity index (χ1n) is 6.48. The number of benzene rings is 1. The molecule has 6 heteroatoms. The molecule has 1 aromatic carbocycles. The molecule has 1 aliphatic heterocycles. The number of hydrogen-bond donors (Lipinski definition) is 0. The molecule has 6 nitrogen and oxygen atoms in total. The highest BCUT2D eigenvalue weighted by atomic mass is 16.6. The van der Waals surface area contributed by atoms with Crippen LogP contribution in [0.2, 0.25) is 0 Å². The number of ether oxygens (including phenoxy) is 1. The van der Waals surface area contributed by atoms with Crippen LogP contribution in [0.15, 0.2) is 18.2 Å². The molecule has 1 atom stereocenters. The number of amides is 1. The molecule has 0 unspecified atom stereocenters. The van der Waals surface area contributed by atoms with Gasteiger partial charge in [0.05, 0.1) is 10.6 Å². The summed E-state index contributed by atoms with van der Waals surface area (Å²) in [5.74, 6) is 0. The first-order valence-corrected chi connectivity index (χ1v) is 6.48. The van der Waals surface area contributed by atoms with Crippen molar-refractivity contribution in [2.45, 2.75) is 45.8 Å². The van der Waals surface area contributed by atoms with Crippen LogP contribution >= 0.6 is 0 Å². The summed E-state index contributed by atoms with van der Waals surface area (Å²) >= 11 is 0. The Morgan fingerprint density at radius 1 is 1.45 bits per heavy atom. The van der Waals surface area contributed by atoms with Crippen LogP contribution in [0.25, 0.3) is 0 Å². The van der Waals surface area contributed by atoms with Crippen molar-refractivity contribution in [3.63, 3.8) is 0 Å². The van der Waals surface area contributed by atoms with E-state index in [4.69, 9.17) is 4.74 Å². The van der Waals surface area contributed by atoms with Gasteiger partial charge in [-0.2, -0.15) is 0 Å². The van der Waals surface area contributed by atoms with Gasteiger partial charge in [0.25, 0.3) is 5.69 Å². The average molecular weight is 278 g/mol. The predicted molar refractivity (Wildman–Crippen MR) is 75.0 cm³/mol. The molecule has 1 aliphatic rings. The lowest BCUT2D eigenvalue weighted by Crippen LogP contribution is -2.40. The van der Waals surface area contributed by atoms with Crippen LogP contribution in [0.4, 0.5) is 16.2 Å². The number of rotatable bonds is 1. The molecule has 0 spiro atoms. The van der Waals surface area contributed by atoms with Gasteiger partial charge < -0.3 is 4.74 Å². The van der Waals surface area contributed by atoms with Crippen LogP contribution in [0.1, 0.15) is 33.3 Å². The molecule has 0 bridgehead atoms. The van der Waals surface area contributed by atoms with Crippen molar-refractivity contribution < 1.29 is 14.5 Å². The molecule has 0 fully saturated rings. The zero-order valence-electron chi connectivity index (χ0n) is 12.0. The third-order valence-corrected chi connectivity index (χ3v) is 3.08. The van der Waals surface area contributed by atoms with E-state index in [1.165, 1.54) is 12.1 Å². The molecule has 1 aromatic rings. The lowest BCUT2D eigenvalue weighted by molar-refractivity contribution is -0.384. The third-order valence-electron chi connectivity index (χ3n) is 3.08. The second-order valence-corrected chi connectivity index (χ2v) is 5.97. The number of hydrogen-bond acceptors (Lipinski definition) is 4. The molecule has 0 N–H and O–H groups in total. The standard InChI is InChI=1S/C14H18N2O4/c1-9-7-10-8-11(16(18)19)5-6-12(10)15(9)13(17)20-14(2,3)4/h5-6,8-9H,7H2,1-4H3/t9-/m1/s1. The van der Waals surface area contributed by atoms with Gasteiger partial charge in [0.15, 0.2) is 0 Å². The Bertz CT molecular complexity index is 563. The Kier molecular flexibility index (Phi) is 3.41. The molecule has 20 heavy (non-hydrogen) atoms. The van der Waals surface area contributed by atoms with Gasteiger partial charge in [0.1, 0.15) is 5.60 Å². The van der Waals surface area contributed by atoms with E-state index in [-0.39, 0.29) is 11.7 Å². The average Bonchev–Trinajstić information content (AvgIpc) is 2.61. The van der Waals surface area contributed by atoms with E-state index in [1.54, 1.807) is 11.0 Å². The Morgan fingerprint density at radius 2 is 2.10 bits per heavy atom. The largest absolute Gasteiger partial charge is 0.443 e. The lowest BCUT2D eigenvalue weighted by Gasteiger charge is -2.27. The van der Waals surface area contributed by atoms with Crippen molar-refractivity contribution >= 4 is 17.5 Å². The molecule has 108 valence electrons. The molecule has 0 aromatic heterocycles. The van der Waals surface area contributed by atoms with Gasteiger partial charge in [-0.1, -0.05) is 0 Å². The minimum absolute atomic E-state index is 0.0435. The number of nitro benzene ring substituents is 1. The summed E-state index contributed by atoms with van der Waals surface area (Å²) < 4.78 is 5.38. The lowest BCUT2D eigenvalue weighted by atomic mass is 10.1. The van der Waals surface area contributed by atoms with Crippen LogP contribution < -0.4 is 4.90 Å². The second-order valence-electron chi connectivity index (χ2n) is 5.97. The fourth-order valence-electron chi connectivity index (χ4n) is 2.32.